The Morgan fingerprint density at radius 1 is 1.41 bits per heavy atom. The van der Waals surface area contributed by atoms with Crippen LogP contribution in [0, 0.1) is 0 Å². The van der Waals surface area contributed by atoms with Crippen molar-refractivity contribution in [2.24, 2.45) is 5.73 Å². The van der Waals surface area contributed by atoms with Crippen LogP contribution in [-0.2, 0) is 16.1 Å². The molecule has 1 aromatic rings. The number of hydrogen-bond donors (Lipinski definition) is 2. The molecule has 5 nitrogen and oxygen atoms in total. The highest BCUT2D eigenvalue weighted by Crippen LogP contribution is 2.15. The number of benzene rings is 1. The van der Waals surface area contributed by atoms with E-state index in [4.69, 9.17) is 10.5 Å². The van der Waals surface area contributed by atoms with E-state index in [0.717, 1.165) is 5.56 Å². The smallest absolute Gasteiger partial charge is 0.249 e. The Bertz CT molecular complexity index is 391. The molecule has 1 aliphatic rings. The number of ether oxygens (including phenoxy) is 1. The Kier molecular flexibility index (Phi) is 3.61. The lowest BCUT2D eigenvalue weighted by Gasteiger charge is -2.34. The number of morpholine rings is 1. The van der Waals surface area contributed by atoms with Crippen molar-refractivity contribution in [2.75, 3.05) is 19.8 Å². The van der Waals surface area contributed by atoms with Gasteiger partial charge < -0.3 is 20.5 Å². The van der Waals surface area contributed by atoms with Gasteiger partial charge in [0.2, 0.25) is 5.91 Å². The number of carbonyl (C=O) groups is 1. The highest BCUT2D eigenvalue weighted by atomic mass is 16.5. The SMILES string of the molecule is NCC1COCC(=O)N1Cc1ccc(O)cc1. The fourth-order valence-electron chi connectivity index (χ4n) is 1.87. The molecule has 3 N–H and O–H groups in total. The van der Waals surface area contributed by atoms with Crippen LogP contribution in [-0.4, -0.2) is 41.7 Å². The van der Waals surface area contributed by atoms with Crippen LogP contribution in [0.2, 0.25) is 0 Å². The lowest BCUT2D eigenvalue weighted by molar-refractivity contribution is -0.148. The van der Waals surface area contributed by atoms with E-state index < -0.39 is 0 Å². The van der Waals surface area contributed by atoms with Crippen LogP contribution >= 0.6 is 0 Å². The van der Waals surface area contributed by atoms with E-state index >= 15 is 0 Å². The number of hydrogen-bond acceptors (Lipinski definition) is 4. The molecule has 92 valence electrons. The van der Waals surface area contributed by atoms with Crippen LogP contribution in [0.1, 0.15) is 5.56 Å². The van der Waals surface area contributed by atoms with Crippen molar-refractivity contribution in [1.82, 2.24) is 4.90 Å². The van der Waals surface area contributed by atoms with Crippen LogP contribution in [0.25, 0.3) is 0 Å². The van der Waals surface area contributed by atoms with Gasteiger partial charge in [0.05, 0.1) is 12.6 Å². The number of nitrogens with zero attached hydrogens (tertiary/aromatic N) is 1. The van der Waals surface area contributed by atoms with Gasteiger partial charge in [-0.1, -0.05) is 12.1 Å². The first-order chi connectivity index (χ1) is 8.20. The van der Waals surface area contributed by atoms with Gasteiger partial charge >= 0.3 is 0 Å². The number of nitrogens with two attached hydrogens (primary N) is 1. The van der Waals surface area contributed by atoms with Gasteiger partial charge in [-0.2, -0.15) is 0 Å². The molecular weight excluding hydrogens is 220 g/mol. The largest absolute Gasteiger partial charge is 0.508 e. The lowest BCUT2D eigenvalue weighted by Crippen LogP contribution is -2.52. The molecule has 1 aliphatic heterocycles. The number of carbonyl (C=O) groups excluding carboxylic acids is 1. The number of amides is 1. The van der Waals surface area contributed by atoms with Crippen molar-refractivity contribution in [3.63, 3.8) is 0 Å². The van der Waals surface area contributed by atoms with Gasteiger partial charge in [0.25, 0.3) is 0 Å². The highest BCUT2D eigenvalue weighted by Gasteiger charge is 2.27. The fraction of sp³-hybridized carbons (Fsp3) is 0.417. The van der Waals surface area contributed by atoms with Crippen LogP contribution in [0.5, 0.6) is 5.75 Å². The van der Waals surface area contributed by atoms with Crippen LogP contribution in [0.4, 0.5) is 0 Å². The number of phenolic OH excluding ortho intramolecular Hbond substituents is 1. The van der Waals surface area contributed by atoms with Gasteiger partial charge in [-0.15, -0.1) is 0 Å². The van der Waals surface area contributed by atoms with Crippen molar-refractivity contribution in [3.8, 4) is 5.75 Å². The van der Waals surface area contributed by atoms with E-state index in [1.807, 2.05) is 0 Å². The van der Waals surface area contributed by atoms with E-state index in [9.17, 15) is 9.90 Å². The van der Waals surface area contributed by atoms with Crippen LogP contribution in [0.3, 0.4) is 0 Å². The molecule has 1 atom stereocenters. The Morgan fingerprint density at radius 2 is 2.12 bits per heavy atom. The molecule has 1 unspecified atom stereocenters. The standard InChI is InChI=1S/C12H16N2O3/c13-5-10-7-17-8-12(16)14(10)6-9-1-3-11(15)4-2-9/h1-4,10,15H,5-8,13H2. The Hall–Kier alpha value is -1.59. The fourth-order valence-corrected chi connectivity index (χ4v) is 1.87. The van der Waals surface area contributed by atoms with Crippen molar-refractivity contribution < 1.29 is 14.6 Å². The summed E-state index contributed by atoms with van der Waals surface area (Å²) in [7, 11) is 0. The summed E-state index contributed by atoms with van der Waals surface area (Å²) in [6, 6.07) is 6.75. The molecule has 0 spiro atoms. The average molecular weight is 236 g/mol. The molecule has 1 saturated heterocycles. The maximum atomic E-state index is 11.7. The summed E-state index contributed by atoms with van der Waals surface area (Å²) in [4.78, 5) is 13.5. The summed E-state index contributed by atoms with van der Waals surface area (Å²) in [5, 5.41) is 9.19. The molecule has 0 radical (unpaired) electrons. The topological polar surface area (TPSA) is 75.8 Å². The summed E-state index contributed by atoms with van der Waals surface area (Å²) >= 11 is 0. The summed E-state index contributed by atoms with van der Waals surface area (Å²) in [6.07, 6.45) is 0. The zero-order chi connectivity index (χ0) is 12.3. The van der Waals surface area contributed by atoms with E-state index in [1.54, 1.807) is 29.2 Å². The van der Waals surface area contributed by atoms with Gasteiger partial charge in [-0.25, -0.2) is 0 Å². The average Bonchev–Trinajstić information content (AvgIpc) is 2.34. The van der Waals surface area contributed by atoms with E-state index in [1.165, 1.54) is 0 Å². The molecule has 0 aromatic heterocycles. The normalized spacial score (nSPS) is 20.6. The first kappa shape index (κ1) is 11.9. The molecule has 5 heteroatoms. The molecule has 2 rings (SSSR count). The first-order valence-electron chi connectivity index (χ1n) is 5.56. The maximum Gasteiger partial charge on any atom is 0.249 e. The molecule has 0 bridgehead atoms. The highest BCUT2D eigenvalue weighted by molar-refractivity contribution is 5.78. The Morgan fingerprint density at radius 3 is 2.76 bits per heavy atom. The Labute approximate surface area is 99.8 Å². The van der Waals surface area contributed by atoms with Gasteiger partial charge in [0.1, 0.15) is 12.4 Å². The molecule has 0 aliphatic carbocycles. The third kappa shape index (κ3) is 2.75. The minimum absolute atomic E-state index is 0.0419. The van der Waals surface area contributed by atoms with Gasteiger partial charge in [0.15, 0.2) is 0 Å². The molecule has 1 fully saturated rings. The van der Waals surface area contributed by atoms with E-state index in [-0.39, 0.29) is 24.3 Å². The summed E-state index contributed by atoms with van der Waals surface area (Å²) in [6.45, 7) is 1.50. The summed E-state index contributed by atoms with van der Waals surface area (Å²) in [5.74, 6) is 0.178. The van der Waals surface area contributed by atoms with Gasteiger partial charge in [0, 0.05) is 13.1 Å². The lowest BCUT2D eigenvalue weighted by atomic mass is 10.1. The van der Waals surface area contributed by atoms with E-state index in [2.05, 4.69) is 0 Å². The molecular formula is C12H16N2O3. The molecule has 1 aromatic carbocycles. The van der Waals surface area contributed by atoms with Gasteiger partial charge in [-0.05, 0) is 17.7 Å². The minimum atomic E-state index is -0.0648. The second kappa shape index (κ2) is 5.16. The van der Waals surface area contributed by atoms with E-state index in [0.29, 0.717) is 19.7 Å². The second-order valence-corrected chi connectivity index (χ2v) is 4.09. The third-order valence-electron chi connectivity index (χ3n) is 2.86. The van der Waals surface area contributed by atoms with Crippen molar-refractivity contribution in [1.29, 1.82) is 0 Å². The quantitative estimate of drug-likeness (QED) is 0.779. The molecule has 1 amide bonds. The minimum Gasteiger partial charge on any atom is -0.508 e. The van der Waals surface area contributed by atoms with Crippen molar-refractivity contribution >= 4 is 5.91 Å². The molecule has 0 saturated carbocycles. The zero-order valence-electron chi connectivity index (χ0n) is 9.50. The van der Waals surface area contributed by atoms with Crippen molar-refractivity contribution in [2.45, 2.75) is 12.6 Å². The van der Waals surface area contributed by atoms with Crippen LogP contribution in [0.15, 0.2) is 24.3 Å². The van der Waals surface area contributed by atoms with Crippen molar-refractivity contribution in [3.05, 3.63) is 29.8 Å². The number of aromatic hydroxyl groups is 1. The van der Waals surface area contributed by atoms with Crippen LogP contribution < -0.4 is 5.73 Å². The second-order valence-electron chi connectivity index (χ2n) is 4.09. The summed E-state index contributed by atoms with van der Waals surface area (Å²) in [5.41, 5.74) is 6.59. The Balaban J connectivity index is 2.09. The predicted molar refractivity (Wildman–Crippen MR) is 62.3 cm³/mol. The summed E-state index contributed by atoms with van der Waals surface area (Å²) < 4.78 is 5.16. The predicted octanol–water partition coefficient (Wildman–Crippen LogP) is 0.0783. The maximum absolute atomic E-state index is 11.7. The zero-order valence-corrected chi connectivity index (χ0v) is 9.50. The number of rotatable bonds is 3. The number of phenols is 1. The molecule has 1 heterocycles. The monoisotopic (exact) mass is 236 g/mol. The van der Waals surface area contributed by atoms with Gasteiger partial charge in [-0.3, -0.25) is 4.79 Å². The first-order valence-corrected chi connectivity index (χ1v) is 5.56. The third-order valence-corrected chi connectivity index (χ3v) is 2.86. The molecule has 17 heavy (non-hydrogen) atoms.